The third kappa shape index (κ3) is 3.72. The van der Waals surface area contributed by atoms with E-state index in [1.807, 2.05) is 32.0 Å². The zero-order chi connectivity index (χ0) is 21.3. The number of hydrogen-bond donors (Lipinski definition) is 1. The van der Waals surface area contributed by atoms with Crippen molar-refractivity contribution in [2.75, 3.05) is 13.2 Å². The molecule has 2 aromatic heterocycles. The van der Waals surface area contributed by atoms with Crippen molar-refractivity contribution in [1.82, 2.24) is 9.47 Å². The summed E-state index contributed by atoms with van der Waals surface area (Å²) in [6, 6.07) is 7.85. The van der Waals surface area contributed by atoms with Crippen LogP contribution in [0.15, 0.2) is 34.9 Å². The minimum Gasteiger partial charge on any atom is -0.508 e. The lowest BCUT2D eigenvalue weighted by molar-refractivity contribution is 0.0527. The van der Waals surface area contributed by atoms with E-state index in [0.29, 0.717) is 31.3 Å². The van der Waals surface area contributed by atoms with Gasteiger partial charge in [0.2, 0.25) is 0 Å². The van der Waals surface area contributed by atoms with Gasteiger partial charge < -0.3 is 18.8 Å². The first-order chi connectivity index (χ1) is 14.5. The molecule has 3 heterocycles. The van der Waals surface area contributed by atoms with Crippen LogP contribution < -0.4 is 0 Å². The van der Waals surface area contributed by atoms with E-state index in [9.17, 15) is 9.90 Å². The Morgan fingerprint density at radius 2 is 2.10 bits per heavy atom. The number of fused-ring (bicyclic) bond motifs is 1. The molecule has 0 spiro atoms. The van der Waals surface area contributed by atoms with Crippen molar-refractivity contribution in [2.45, 2.75) is 59.2 Å². The smallest absolute Gasteiger partial charge is 0.340 e. The first-order valence-corrected chi connectivity index (χ1v) is 10.8. The first-order valence-electron chi connectivity index (χ1n) is 10.8. The molecular formula is C24H30N2O4. The van der Waals surface area contributed by atoms with E-state index in [1.54, 1.807) is 12.3 Å². The second-order valence-corrected chi connectivity index (χ2v) is 8.12. The van der Waals surface area contributed by atoms with E-state index < -0.39 is 0 Å². The van der Waals surface area contributed by atoms with Gasteiger partial charge in [0.05, 0.1) is 30.5 Å². The van der Waals surface area contributed by atoms with Crippen molar-refractivity contribution in [3.05, 3.63) is 53.1 Å². The van der Waals surface area contributed by atoms with Crippen LogP contribution in [0.3, 0.4) is 0 Å². The molecule has 0 amide bonds. The van der Waals surface area contributed by atoms with Crippen LogP contribution in [0.4, 0.5) is 0 Å². The molecule has 3 aromatic rings. The van der Waals surface area contributed by atoms with Crippen LogP contribution in [0.1, 0.15) is 60.5 Å². The lowest BCUT2D eigenvalue weighted by Gasteiger charge is -2.33. The maximum absolute atomic E-state index is 13.0. The third-order valence-electron chi connectivity index (χ3n) is 6.25. The quantitative estimate of drug-likeness (QED) is 0.589. The third-order valence-corrected chi connectivity index (χ3v) is 6.25. The highest BCUT2D eigenvalue weighted by atomic mass is 16.5. The van der Waals surface area contributed by atoms with E-state index >= 15 is 0 Å². The SMILES string of the molecule is CCOC(=O)c1c(C)n(Cc2ccco2)c2ccc(O)c(CN3CCCCC3C)c12. The second-order valence-electron chi connectivity index (χ2n) is 8.12. The molecule has 4 rings (SSSR count). The summed E-state index contributed by atoms with van der Waals surface area (Å²) in [4.78, 5) is 15.4. The molecule has 6 heteroatoms. The molecule has 1 fully saturated rings. The van der Waals surface area contributed by atoms with Gasteiger partial charge in [0.15, 0.2) is 0 Å². The molecule has 0 aliphatic carbocycles. The summed E-state index contributed by atoms with van der Waals surface area (Å²) in [5.74, 6) is 0.683. The average Bonchev–Trinajstić information content (AvgIpc) is 3.33. The van der Waals surface area contributed by atoms with Crippen LogP contribution in [0, 0.1) is 6.92 Å². The molecule has 0 bridgehead atoms. The molecule has 0 saturated carbocycles. The van der Waals surface area contributed by atoms with Crippen LogP contribution in [-0.4, -0.2) is 39.7 Å². The summed E-state index contributed by atoms with van der Waals surface area (Å²) >= 11 is 0. The predicted octanol–water partition coefficient (Wildman–Crippen LogP) is 4.85. The highest BCUT2D eigenvalue weighted by Gasteiger charge is 2.27. The van der Waals surface area contributed by atoms with Crippen LogP contribution in [0.2, 0.25) is 0 Å². The van der Waals surface area contributed by atoms with E-state index in [1.165, 1.54) is 6.42 Å². The highest BCUT2D eigenvalue weighted by molar-refractivity contribution is 6.08. The van der Waals surface area contributed by atoms with E-state index in [-0.39, 0.29) is 11.7 Å². The number of furan rings is 1. The molecule has 6 nitrogen and oxygen atoms in total. The largest absolute Gasteiger partial charge is 0.508 e. The van der Waals surface area contributed by atoms with Crippen LogP contribution in [0.5, 0.6) is 5.75 Å². The minimum absolute atomic E-state index is 0.223. The van der Waals surface area contributed by atoms with Crippen molar-refractivity contribution in [2.24, 2.45) is 0 Å². The molecule has 30 heavy (non-hydrogen) atoms. The number of aromatic nitrogens is 1. The van der Waals surface area contributed by atoms with Gasteiger partial charge in [0.25, 0.3) is 0 Å². The van der Waals surface area contributed by atoms with E-state index in [2.05, 4.69) is 16.4 Å². The minimum atomic E-state index is -0.350. The number of benzene rings is 1. The number of esters is 1. The molecule has 1 N–H and O–H groups in total. The highest BCUT2D eigenvalue weighted by Crippen LogP contribution is 2.36. The monoisotopic (exact) mass is 410 g/mol. The topological polar surface area (TPSA) is 67.8 Å². The maximum Gasteiger partial charge on any atom is 0.340 e. The van der Waals surface area contributed by atoms with Gasteiger partial charge in [0, 0.05) is 29.2 Å². The number of phenols is 1. The molecule has 1 aliphatic heterocycles. The Kier molecular flexibility index (Phi) is 5.86. The summed E-state index contributed by atoms with van der Waals surface area (Å²) in [6.07, 6.45) is 5.20. The Hall–Kier alpha value is -2.73. The Labute approximate surface area is 177 Å². The molecule has 160 valence electrons. The summed E-state index contributed by atoms with van der Waals surface area (Å²) in [6.45, 7) is 8.40. The molecule has 0 radical (unpaired) electrons. The van der Waals surface area contributed by atoms with Crippen molar-refractivity contribution < 1.29 is 19.1 Å². The van der Waals surface area contributed by atoms with Gasteiger partial charge in [-0.3, -0.25) is 4.90 Å². The number of rotatable bonds is 6. The number of hydrogen-bond acceptors (Lipinski definition) is 5. The number of nitrogens with zero attached hydrogens (tertiary/aromatic N) is 2. The lowest BCUT2D eigenvalue weighted by atomic mass is 9.99. The number of carbonyl (C=O) groups is 1. The fraction of sp³-hybridized carbons (Fsp3) is 0.458. The molecular weight excluding hydrogens is 380 g/mol. The van der Waals surface area contributed by atoms with Crippen LogP contribution in [0.25, 0.3) is 10.9 Å². The van der Waals surface area contributed by atoms with E-state index in [0.717, 1.165) is 47.3 Å². The summed E-state index contributed by atoms with van der Waals surface area (Å²) < 4.78 is 13.0. The van der Waals surface area contributed by atoms with Gasteiger partial charge in [-0.2, -0.15) is 0 Å². The zero-order valence-corrected chi connectivity index (χ0v) is 18.0. The number of ether oxygens (including phenoxy) is 1. The fourth-order valence-electron chi connectivity index (χ4n) is 4.60. The zero-order valence-electron chi connectivity index (χ0n) is 18.0. The standard InChI is InChI=1S/C24H30N2O4/c1-4-29-24(28)22-17(3)26(14-18-9-7-13-30-18)20-10-11-21(27)19(23(20)22)15-25-12-6-5-8-16(25)2/h7,9-11,13,16,27H,4-6,8,12,14-15H2,1-3H3. The van der Waals surface area contributed by atoms with Crippen molar-refractivity contribution in [1.29, 1.82) is 0 Å². The Morgan fingerprint density at radius 1 is 1.27 bits per heavy atom. The molecule has 1 aliphatic rings. The van der Waals surface area contributed by atoms with E-state index in [4.69, 9.17) is 9.15 Å². The fourth-order valence-corrected chi connectivity index (χ4v) is 4.60. The number of carbonyl (C=O) groups excluding carboxylic acids is 1. The molecule has 1 aromatic carbocycles. The van der Waals surface area contributed by atoms with Gasteiger partial charge in [-0.05, 0) is 64.4 Å². The van der Waals surface area contributed by atoms with Gasteiger partial charge in [-0.15, -0.1) is 0 Å². The van der Waals surface area contributed by atoms with Crippen LogP contribution in [-0.2, 0) is 17.8 Å². The number of phenolic OH excluding ortho intramolecular Hbond substituents is 1. The molecule has 1 saturated heterocycles. The Balaban J connectivity index is 1.88. The number of piperidine rings is 1. The number of likely N-dealkylation sites (tertiary alicyclic amines) is 1. The first kappa shape index (κ1) is 20.5. The van der Waals surface area contributed by atoms with Crippen molar-refractivity contribution >= 4 is 16.9 Å². The maximum atomic E-state index is 13.0. The normalized spacial score (nSPS) is 17.5. The summed E-state index contributed by atoms with van der Waals surface area (Å²) in [7, 11) is 0. The van der Waals surface area contributed by atoms with Crippen molar-refractivity contribution in [3.63, 3.8) is 0 Å². The van der Waals surface area contributed by atoms with Gasteiger partial charge in [-0.1, -0.05) is 6.42 Å². The van der Waals surface area contributed by atoms with Gasteiger partial charge in [-0.25, -0.2) is 4.79 Å². The summed E-state index contributed by atoms with van der Waals surface area (Å²) in [5, 5.41) is 11.6. The predicted molar refractivity (Wildman–Crippen MR) is 116 cm³/mol. The Morgan fingerprint density at radius 3 is 2.80 bits per heavy atom. The molecule has 1 unspecified atom stereocenters. The average molecular weight is 411 g/mol. The van der Waals surface area contributed by atoms with Crippen LogP contribution >= 0.6 is 0 Å². The summed E-state index contributed by atoms with van der Waals surface area (Å²) in [5.41, 5.74) is 3.06. The molecule has 1 atom stereocenters. The Bertz CT molecular complexity index is 1040. The number of aromatic hydroxyl groups is 1. The van der Waals surface area contributed by atoms with Crippen molar-refractivity contribution in [3.8, 4) is 5.75 Å². The van der Waals surface area contributed by atoms with Gasteiger partial charge in [0.1, 0.15) is 11.5 Å². The second kappa shape index (κ2) is 8.56. The van der Waals surface area contributed by atoms with Gasteiger partial charge >= 0.3 is 5.97 Å². The lowest BCUT2D eigenvalue weighted by Crippen LogP contribution is -2.36.